The van der Waals surface area contributed by atoms with Crippen molar-refractivity contribution in [3.05, 3.63) is 93.9 Å². The summed E-state index contributed by atoms with van der Waals surface area (Å²) in [6, 6.07) is 21.5. The fourth-order valence-electron chi connectivity index (χ4n) is 2.58. The number of carboxylic acids is 1. The maximum atomic E-state index is 12.7. The molecule has 1 heterocycles. The Kier molecular flexibility index (Phi) is 13.8. The number of rotatable bonds is 4. The van der Waals surface area contributed by atoms with E-state index in [1.165, 1.54) is 0 Å². The standard InChI is InChI=1S/C20H19NO2.C2H4O2.2C2H6/c1-15-13-19(23-14-17-9-5-3-6-10-17)16(2)20(22)21(15)18-11-7-4-8-12-18;1-2(3)4;2*1-2/h3-13H,14H2,1-2H3;1H3,(H,3,4);2*1-2H3. The van der Waals surface area contributed by atoms with E-state index in [-0.39, 0.29) is 5.56 Å². The topological polar surface area (TPSA) is 68.5 Å². The second-order valence-corrected chi connectivity index (χ2v) is 6.04. The molecule has 3 rings (SSSR count). The molecule has 0 aliphatic rings. The highest BCUT2D eigenvalue weighted by atomic mass is 16.5. The molecule has 31 heavy (non-hydrogen) atoms. The van der Waals surface area contributed by atoms with E-state index in [1.807, 2.05) is 108 Å². The van der Waals surface area contributed by atoms with Crippen LogP contribution in [0.4, 0.5) is 0 Å². The molecule has 0 spiro atoms. The van der Waals surface area contributed by atoms with Gasteiger partial charge in [-0.15, -0.1) is 0 Å². The van der Waals surface area contributed by atoms with Gasteiger partial charge in [-0.1, -0.05) is 76.2 Å². The van der Waals surface area contributed by atoms with Crippen molar-refractivity contribution in [2.75, 3.05) is 0 Å². The number of para-hydroxylation sites is 1. The molecule has 3 aromatic rings. The Bertz CT molecular complexity index is 944. The van der Waals surface area contributed by atoms with Crippen molar-refractivity contribution < 1.29 is 14.6 Å². The van der Waals surface area contributed by atoms with Crippen LogP contribution < -0.4 is 10.3 Å². The average Bonchev–Trinajstić information content (AvgIpc) is 2.79. The van der Waals surface area contributed by atoms with Gasteiger partial charge in [-0.25, -0.2) is 0 Å². The third-order valence-corrected chi connectivity index (χ3v) is 3.84. The van der Waals surface area contributed by atoms with Crippen molar-refractivity contribution in [3.63, 3.8) is 0 Å². The molecule has 0 unspecified atom stereocenters. The highest BCUT2D eigenvalue weighted by Gasteiger charge is 2.12. The minimum atomic E-state index is -0.833. The van der Waals surface area contributed by atoms with E-state index in [1.54, 1.807) is 4.57 Å². The van der Waals surface area contributed by atoms with Crippen LogP contribution in [0.5, 0.6) is 5.75 Å². The van der Waals surface area contributed by atoms with E-state index < -0.39 is 5.97 Å². The monoisotopic (exact) mass is 425 g/mol. The lowest BCUT2D eigenvalue weighted by molar-refractivity contribution is -0.134. The maximum Gasteiger partial charge on any atom is 0.300 e. The SMILES string of the molecule is CC.CC.CC(=O)O.Cc1c(OCc2ccccc2)cc(C)n(-c2ccccc2)c1=O. The molecular formula is C26H35NO4. The van der Waals surface area contributed by atoms with Gasteiger partial charge in [0.25, 0.3) is 11.5 Å². The van der Waals surface area contributed by atoms with Crippen LogP contribution in [0.2, 0.25) is 0 Å². The summed E-state index contributed by atoms with van der Waals surface area (Å²) in [5.41, 5.74) is 3.38. The Morgan fingerprint density at radius 3 is 1.84 bits per heavy atom. The van der Waals surface area contributed by atoms with Gasteiger partial charge in [0, 0.05) is 24.4 Å². The molecule has 2 aromatic carbocycles. The molecule has 0 atom stereocenters. The van der Waals surface area contributed by atoms with Gasteiger partial charge < -0.3 is 9.84 Å². The van der Waals surface area contributed by atoms with Crippen molar-refractivity contribution in [3.8, 4) is 11.4 Å². The number of carbonyl (C=O) groups is 1. The number of aryl methyl sites for hydroxylation is 1. The fourth-order valence-corrected chi connectivity index (χ4v) is 2.58. The van der Waals surface area contributed by atoms with Crippen LogP contribution in [0.3, 0.4) is 0 Å². The quantitative estimate of drug-likeness (QED) is 0.542. The van der Waals surface area contributed by atoms with Gasteiger partial charge in [0.15, 0.2) is 0 Å². The summed E-state index contributed by atoms with van der Waals surface area (Å²) in [6.07, 6.45) is 0. The Morgan fingerprint density at radius 2 is 1.35 bits per heavy atom. The predicted molar refractivity (Wildman–Crippen MR) is 128 cm³/mol. The Hall–Kier alpha value is -3.34. The average molecular weight is 426 g/mol. The van der Waals surface area contributed by atoms with Crippen LogP contribution in [0.1, 0.15) is 51.4 Å². The zero-order chi connectivity index (χ0) is 23.8. The molecule has 1 N–H and O–H groups in total. The normalized spacial score (nSPS) is 9.00. The molecule has 0 saturated carbocycles. The number of aliphatic carboxylic acids is 1. The molecule has 0 radical (unpaired) electrons. The number of aromatic nitrogens is 1. The Morgan fingerprint density at radius 1 is 0.903 bits per heavy atom. The zero-order valence-electron chi connectivity index (χ0n) is 19.7. The van der Waals surface area contributed by atoms with E-state index in [0.717, 1.165) is 23.9 Å². The Balaban J connectivity index is 0.000000992. The maximum absolute atomic E-state index is 12.7. The Labute approximate surface area is 186 Å². The number of pyridine rings is 1. The number of hydrogen-bond acceptors (Lipinski definition) is 3. The summed E-state index contributed by atoms with van der Waals surface area (Å²) in [4.78, 5) is 21.7. The third kappa shape index (κ3) is 9.34. The van der Waals surface area contributed by atoms with Crippen LogP contribution in [-0.2, 0) is 11.4 Å². The number of hydrogen-bond donors (Lipinski definition) is 1. The van der Waals surface area contributed by atoms with E-state index >= 15 is 0 Å². The van der Waals surface area contributed by atoms with Crippen molar-refractivity contribution in [1.29, 1.82) is 0 Å². The van der Waals surface area contributed by atoms with Gasteiger partial charge in [0.1, 0.15) is 12.4 Å². The number of benzene rings is 2. The largest absolute Gasteiger partial charge is 0.488 e. The first-order chi connectivity index (χ1) is 14.9. The lowest BCUT2D eigenvalue weighted by Gasteiger charge is -2.15. The van der Waals surface area contributed by atoms with Gasteiger partial charge in [-0.05, 0) is 31.5 Å². The van der Waals surface area contributed by atoms with E-state index in [9.17, 15) is 4.79 Å². The lowest BCUT2D eigenvalue weighted by atomic mass is 10.2. The van der Waals surface area contributed by atoms with Crippen molar-refractivity contribution in [2.45, 2.75) is 55.1 Å². The smallest absolute Gasteiger partial charge is 0.300 e. The highest BCUT2D eigenvalue weighted by Crippen LogP contribution is 2.19. The molecule has 0 saturated heterocycles. The first-order valence-corrected chi connectivity index (χ1v) is 10.5. The summed E-state index contributed by atoms with van der Waals surface area (Å²) in [7, 11) is 0. The molecule has 5 nitrogen and oxygen atoms in total. The third-order valence-electron chi connectivity index (χ3n) is 3.84. The van der Waals surface area contributed by atoms with Crippen LogP contribution in [0, 0.1) is 13.8 Å². The van der Waals surface area contributed by atoms with E-state index in [0.29, 0.717) is 17.9 Å². The second-order valence-electron chi connectivity index (χ2n) is 6.04. The molecule has 5 heteroatoms. The molecular weight excluding hydrogens is 390 g/mol. The van der Waals surface area contributed by atoms with E-state index in [2.05, 4.69) is 0 Å². The predicted octanol–water partition coefficient (Wildman–Crippen LogP) is 6.18. The van der Waals surface area contributed by atoms with Gasteiger partial charge in [-0.3, -0.25) is 14.2 Å². The minimum absolute atomic E-state index is 0.0424. The molecule has 0 aliphatic heterocycles. The van der Waals surface area contributed by atoms with Crippen LogP contribution in [0.15, 0.2) is 71.5 Å². The van der Waals surface area contributed by atoms with Gasteiger partial charge in [0.05, 0.1) is 5.56 Å². The van der Waals surface area contributed by atoms with Crippen molar-refractivity contribution in [2.24, 2.45) is 0 Å². The van der Waals surface area contributed by atoms with Crippen LogP contribution in [0.25, 0.3) is 5.69 Å². The molecule has 1 aromatic heterocycles. The molecule has 0 amide bonds. The number of ether oxygens (including phenoxy) is 1. The summed E-state index contributed by atoms with van der Waals surface area (Å²) in [5.74, 6) is -0.191. The van der Waals surface area contributed by atoms with Crippen molar-refractivity contribution >= 4 is 5.97 Å². The first-order valence-electron chi connectivity index (χ1n) is 10.5. The zero-order valence-corrected chi connectivity index (χ0v) is 19.7. The van der Waals surface area contributed by atoms with Crippen LogP contribution >= 0.6 is 0 Å². The fraction of sp³-hybridized carbons (Fsp3) is 0.308. The van der Waals surface area contributed by atoms with Gasteiger partial charge in [-0.2, -0.15) is 0 Å². The molecule has 0 fully saturated rings. The summed E-state index contributed by atoms with van der Waals surface area (Å²) >= 11 is 0. The summed E-state index contributed by atoms with van der Waals surface area (Å²) in [6.45, 7) is 13.3. The minimum Gasteiger partial charge on any atom is -0.488 e. The second kappa shape index (κ2) is 15.5. The van der Waals surface area contributed by atoms with Gasteiger partial charge in [0.2, 0.25) is 0 Å². The van der Waals surface area contributed by atoms with Crippen molar-refractivity contribution in [1.82, 2.24) is 4.57 Å². The lowest BCUT2D eigenvalue weighted by Crippen LogP contribution is -2.23. The van der Waals surface area contributed by atoms with E-state index in [4.69, 9.17) is 14.6 Å². The molecule has 0 bridgehead atoms. The van der Waals surface area contributed by atoms with Crippen LogP contribution in [-0.4, -0.2) is 15.6 Å². The molecule has 0 aliphatic carbocycles. The highest BCUT2D eigenvalue weighted by molar-refractivity contribution is 5.62. The van der Waals surface area contributed by atoms with Gasteiger partial charge >= 0.3 is 0 Å². The summed E-state index contributed by atoms with van der Waals surface area (Å²) < 4.78 is 7.58. The molecule has 168 valence electrons. The number of nitrogens with zero attached hydrogens (tertiary/aromatic N) is 1. The summed E-state index contributed by atoms with van der Waals surface area (Å²) in [5, 5.41) is 7.42. The number of carboxylic acid groups (broad SMARTS) is 1. The first kappa shape index (κ1) is 27.7.